The normalized spacial score (nSPS) is 17.4. The molecule has 1 aromatic carbocycles. The smallest absolute Gasteiger partial charge is 0.272 e. The first-order valence-corrected chi connectivity index (χ1v) is 8.40. The van der Waals surface area contributed by atoms with Crippen molar-refractivity contribution in [2.24, 2.45) is 0 Å². The number of halogens is 1. The Morgan fingerprint density at radius 1 is 1.43 bits per heavy atom. The molecule has 6 heteroatoms. The number of hydrogen-bond donors (Lipinski definition) is 2. The van der Waals surface area contributed by atoms with Crippen molar-refractivity contribution in [2.75, 3.05) is 19.6 Å². The van der Waals surface area contributed by atoms with Gasteiger partial charge in [0.1, 0.15) is 5.69 Å². The summed E-state index contributed by atoms with van der Waals surface area (Å²) in [5.41, 5.74) is 2.04. The van der Waals surface area contributed by atoms with Crippen LogP contribution in [0.1, 0.15) is 30.3 Å². The molecule has 23 heavy (non-hydrogen) atoms. The van der Waals surface area contributed by atoms with Gasteiger partial charge in [0, 0.05) is 24.7 Å². The van der Waals surface area contributed by atoms with Crippen molar-refractivity contribution in [3.8, 4) is 11.3 Å². The average molecular weight is 333 g/mol. The summed E-state index contributed by atoms with van der Waals surface area (Å²) in [5.74, 6) is 0.00588. The Morgan fingerprint density at radius 3 is 2.96 bits per heavy atom. The summed E-state index contributed by atoms with van der Waals surface area (Å²) in [5, 5.41) is 11.1. The van der Waals surface area contributed by atoms with E-state index < -0.39 is 0 Å². The van der Waals surface area contributed by atoms with Crippen LogP contribution in [0.2, 0.25) is 5.02 Å². The molecule has 1 atom stereocenters. The molecule has 0 aliphatic carbocycles. The molecule has 1 fully saturated rings. The van der Waals surface area contributed by atoms with E-state index in [-0.39, 0.29) is 11.9 Å². The third-order valence-corrected chi connectivity index (χ3v) is 4.49. The van der Waals surface area contributed by atoms with Gasteiger partial charge >= 0.3 is 0 Å². The second-order valence-corrected chi connectivity index (χ2v) is 6.20. The van der Waals surface area contributed by atoms with E-state index >= 15 is 0 Å². The highest BCUT2D eigenvalue weighted by atomic mass is 35.5. The number of amides is 1. The minimum Gasteiger partial charge on any atom is -0.333 e. The lowest BCUT2D eigenvalue weighted by atomic mass is 10.1. The quantitative estimate of drug-likeness (QED) is 0.885. The predicted octanol–water partition coefficient (Wildman–Crippen LogP) is 2.94. The van der Waals surface area contributed by atoms with Gasteiger partial charge in [-0.25, -0.2) is 0 Å². The van der Waals surface area contributed by atoms with Gasteiger partial charge in [0.2, 0.25) is 0 Å². The molecule has 1 aliphatic heterocycles. The molecule has 1 aromatic heterocycles. The Bertz CT molecular complexity index is 679. The minimum absolute atomic E-state index is 0.00588. The summed E-state index contributed by atoms with van der Waals surface area (Å²) in [4.78, 5) is 14.8. The van der Waals surface area contributed by atoms with E-state index in [4.69, 9.17) is 11.6 Å². The molecule has 3 rings (SSSR count). The monoisotopic (exact) mass is 332 g/mol. The summed E-state index contributed by atoms with van der Waals surface area (Å²) in [6.45, 7) is 4.67. The van der Waals surface area contributed by atoms with Crippen LogP contribution in [0, 0.1) is 0 Å². The summed E-state index contributed by atoms with van der Waals surface area (Å²) in [6.07, 6.45) is 1.94. The van der Waals surface area contributed by atoms with E-state index in [2.05, 4.69) is 22.4 Å². The van der Waals surface area contributed by atoms with Crippen LogP contribution in [-0.4, -0.2) is 46.7 Å². The van der Waals surface area contributed by atoms with Gasteiger partial charge in [-0.15, -0.1) is 0 Å². The fourth-order valence-electron chi connectivity index (χ4n) is 2.99. The van der Waals surface area contributed by atoms with E-state index in [1.54, 1.807) is 6.07 Å². The van der Waals surface area contributed by atoms with Crippen LogP contribution in [0.4, 0.5) is 0 Å². The van der Waals surface area contributed by atoms with Crippen molar-refractivity contribution >= 4 is 17.5 Å². The van der Waals surface area contributed by atoms with Crippen molar-refractivity contribution in [2.45, 2.75) is 25.8 Å². The second kappa shape index (κ2) is 7.15. The molecule has 2 aromatic rings. The maximum atomic E-state index is 12.8. The predicted molar refractivity (Wildman–Crippen MR) is 91.6 cm³/mol. The molecule has 122 valence electrons. The standard InChI is InChI=1S/C17H21ClN4O/c1-2-9-22(12-7-8-19-11-12)17(23)16-10-15(20-21-16)13-5-3-4-6-14(13)18/h3-6,10,12,19H,2,7-9,11H2,1H3,(H,20,21). The van der Waals surface area contributed by atoms with E-state index in [1.165, 1.54) is 0 Å². The zero-order valence-corrected chi connectivity index (χ0v) is 13.9. The van der Waals surface area contributed by atoms with Crippen LogP contribution in [0.25, 0.3) is 11.3 Å². The SMILES string of the molecule is CCCN(C(=O)c1cc(-c2ccccc2Cl)n[nH]1)C1CCNC1. The maximum absolute atomic E-state index is 12.8. The Morgan fingerprint density at radius 2 is 2.26 bits per heavy atom. The molecular weight excluding hydrogens is 312 g/mol. The van der Waals surface area contributed by atoms with Gasteiger partial charge in [-0.1, -0.05) is 36.7 Å². The summed E-state index contributed by atoms with van der Waals surface area (Å²) >= 11 is 6.21. The molecule has 2 N–H and O–H groups in total. The largest absolute Gasteiger partial charge is 0.333 e. The highest BCUT2D eigenvalue weighted by Gasteiger charge is 2.27. The summed E-state index contributed by atoms with van der Waals surface area (Å²) in [7, 11) is 0. The third kappa shape index (κ3) is 3.41. The number of aromatic nitrogens is 2. The Balaban J connectivity index is 1.83. The number of hydrogen-bond acceptors (Lipinski definition) is 3. The van der Waals surface area contributed by atoms with Crippen molar-refractivity contribution < 1.29 is 4.79 Å². The first-order chi connectivity index (χ1) is 11.2. The number of benzene rings is 1. The highest BCUT2D eigenvalue weighted by Crippen LogP contribution is 2.26. The summed E-state index contributed by atoms with van der Waals surface area (Å²) in [6, 6.07) is 9.55. The van der Waals surface area contributed by atoms with Crippen LogP contribution < -0.4 is 5.32 Å². The lowest BCUT2D eigenvalue weighted by molar-refractivity contribution is 0.0686. The summed E-state index contributed by atoms with van der Waals surface area (Å²) < 4.78 is 0. The van der Waals surface area contributed by atoms with Gasteiger partial charge in [-0.2, -0.15) is 5.10 Å². The van der Waals surface area contributed by atoms with E-state index in [0.29, 0.717) is 16.4 Å². The molecule has 1 unspecified atom stereocenters. The van der Waals surface area contributed by atoms with Crippen LogP contribution >= 0.6 is 11.6 Å². The Labute approximate surface area is 141 Å². The maximum Gasteiger partial charge on any atom is 0.272 e. The fourth-order valence-corrected chi connectivity index (χ4v) is 3.22. The number of nitrogens with zero attached hydrogens (tertiary/aromatic N) is 2. The van der Waals surface area contributed by atoms with Gasteiger partial charge in [0.05, 0.1) is 10.7 Å². The van der Waals surface area contributed by atoms with E-state index in [0.717, 1.165) is 38.0 Å². The number of carbonyl (C=O) groups excluding carboxylic acids is 1. The topological polar surface area (TPSA) is 61.0 Å². The molecular formula is C17H21ClN4O. The van der Waals surface area contributed by atoms with Gasteiger partial charge < -0.3 is 10.2 Å². The van der Waals surface area contributed by atoms with Crippen LogP contribution in [0.3, 0.4) is 0 Å². The highest BCUT2D eigenvalue weighted by molar-refractivity contribution is 6.33. The van der Waals surface area contributed by atoms with Crippen molar-refractivity contribution in [3.63, 3.8) is 0 Å². The number of carbonyl (C=O) groups is 1. The molecule has 0 radical (unpaired) electrons. The molecule has 0 bridgehead atoms. The van der Waals surface area contributed by atoms with Crippen molar-refractivity contribution in [1.82, 2.24) is 20.4 Å². The molecule has 1 amide bonds. The van der Waals surface area contributed by atoms with Gasteiger partial charge in [0.25, 0.3) is 5.91 Å². The molecule has 1 saturated heterocycles. The number of H-pyrrole nitrogens is 1. The van der Waals surface area contributed by atoms with Crippen molar-refractivity contribution in [1.29, 1.82) is 0 Å². The Kier molecular flexibility index (Phi) is 4.98. The number of nitrogens with one attached hydrogen (secondary N) is 2. The number of aromatic amines is 1. The lowest BCUT2D eigenvalue weighted by Gasteiger charge is -2.27. The first-order valence-electron chi connectivity index (χ1n) is 8.02. The van der Waals surface area contributed by atoms with Crippen LogP contribution in [-0.2, 0) is 0 Å². The zero-order chi connectivity index (χ0) is 16.2. The Hall–Kier alpha value is -1.85. The first kappa shape index (κ1) is 16.0. The fraction of sp³-hybridized carbons (Fsp3) is 0.412. The molecule has 5 nitrogen and oxygen atoms in total. The molecule has 1 aliphatic rings. The van der Waals surface area contributed by atoms with Gasteiger partial charge in [-0.3, -0.25) is 9.89 Å². The van der Waals surface area contributed by atoms with Crippen LogP contribution in [0.5, 0.6) is 0 Å². The third-order valence-electron chi connectivity index (χ3n) is 4.16. The average Bonchev–Trinajstić information content (AvgIpc) is 3.24. The second-order valence-electron chi connectivity index (χ2n) is 5.79. The minimum atomic E-state index is 0.00588. The molecule has 0 saturated carbocycles. The van der Waals surface area contributed by atoms with Gasteiger partial charge in [-0.05, 0) is 31.5 Å². The molecule has 0 spiro atoms. The lowest BCUT2D eigenvalue weighted by Crippen LogP contribution is -2.42. The van der Waals surface area contributed by atoms with Gasteiger partial charge in [0.15, 0.2) is 0 Å². The zero-order valence-electron chi connectivity index (χ0n) is 13.2. The van der Waals surface area contributed by atoms with Crippen molar-refractivity contribution in [3.05, 3.63) is 41.0 Å². The molecule has 2 heterocycles. The van der Waals surface area contributed by atoms with Crippen LogP contribution in [0.15, 0.2) is 30.3 Å². The van der Waals surface area contributed by atoms with E-state index in [9.17, 15) is 4.79 Å². The van der Waals surface area contributed by atoms with E-state index in [1.807, 2.05) is 29.2 Å². The number of rotatable bonds is 5.